The van der Waals surface area contributed by atoms with Crippen molar-refractivity contribution in [3.05, 3.63) is 36.0 Å². The van der Waals surface area contributed by atoms with Gasteiger partial charge in [-0.1, -0.05) is 13.8 Å². The lowest BCUT2D eigenvalue weighted by atomic mass is 10.1. The Morgan fingerprint density at radius 3 is 2.59 bits per heavy atom. The van der Waals surface area contributed by atoms with Gasteiger partial charge < -0.3 is 10.1 Å². The van der Waals surface area contributed by atoms with E-state index in [9.17, 15) is 13.2 Å². The van der Waals surface area contributed by atoms with E-state index in [0.717, 1.165) is 17.0 Å². The van der Waals surface area contributed by atoms with E-state index in [-0.39, 0.29) is 23.5 Å². The summed E-state index contributed by atoms with van der Waals surface area (Å²) in [6, 6.07) is 8.88. The minimum absolute atomic E-state index is 0.0465. The number of rotatable bonds is 6. The van der Waals surface area contributed by atoms with Crippen molar-refractivity contribution in [2.45, 2.75) is 26.3 Å². The summed E-state index contributed by atoms with van der Waals surface area (Å²) in [4.78, 5) is 12.5. The first-order valence-corrected chi connectivity index (χ1v) is 10.8. The van der Waals surface area contributed by atoms with Crippen molar-refractivity contribution in [1.82, 2.24) is 15.1 Å². The number of nitrogens with zero attached hydrogens (tertiary/aromatic N) is 2. The maximum Gasteiger partial charge on any atom is 0.271 e. The molecule has 0 saturated carbocycles. The van der Waals surface area contributed by atoms with E-state index in [1.165, 1.54) is 0 Å². The fourth-order valence-electron chi connectivity index (χ4n) is 3.12. The predicted octanol–water partition coefficient (Wildman–Crippen LogP) is 2.30. The molecule has 1 aromatic heterocycles. The lowest BCUT2D eigenvalue weighted by molar-refractivity contribution is 0.0943. The van der Waals surface area contributed by atoms with Crippen LogP contribution in [0.1, 0.15) is 36.8 Å². The van der Waals surface area contributed by atoms with Gasteiger partial charge in [0.05, 0.1) is 30.4 Å². The van der Waals surface area contributed by atoms with E-state index in [1.54, 1.807) is 17.9 Å². The Labute approximate surface area is 159 Å². The third-order valence-electron chi connectivity index (χ3n) is 4.58. The molecule has 0 bridgehead atoms. The monoisotopic (exact) mass is 391 g/mol. The molecule has 1 aromatic carbocycles. The Balaban J connectivity index is 1.97. The number of methoxy groups -OCH3 is 1. The van der Waals surface area contributed by atoms with Crippen LogP contribution in [-0.2, 0) is 9.84 Å². The van der Waals surface area contributed by atoms with Crippen LogP contribution in [0.2, 0.25) is 0 Å². The van der Waals surface area contributed by atoms with Gasteiger partial charge in [-0.25, -0.2) is 8.42 Å². The van der Waals surface area contributed by atoms with Gasteiger partial charge in [0.25, 0.3) is 5.91 Å². The summed E-state index contributed by atoms with van der Waals surface area (Å²) in [7, 11) is -1.47. The minimum Gasteiger partial charge on any atom is -0.497 e. The van der Waals surface area contributed by atoms with Crippen LogP contribution < -0.4 is 10.1 Å². The molecule has 3 rings (SSSR count). The molecule has 1 saturated heterocycles. The van der Waals surface area contributed by atoms with E-state index >= 15 is 0 Å². The van der Waals surface area contributed by atoms with Gasteiger partial charge in [-0.15, -0.1) is 0 Å². The maximum absolute atomic E-state index is 12.5. The number of carbonyl (C=O) groups is 1. The molecule has 1 atom stereocenters. The van der Waals surface area contributed by atoms with Gasteiger partial charge in [-0.2, -0.15) is 5.10 Å². The third-order valence-corrected chi connectivity index (χ3v) is 6.33. The molecule has 1 fully saturated rings. The van der Waals surface area contributed by atoms with Gasteiger partial charge in [0.1, 0.15) is 5.75 Å². The van der Waals surface area contributed by atoms with Gasteiger partial charge in [0.15, 0.2) is 15.5 Å². The number of carbonyl (C=O) groups excluding carboxylic acids is 1. The summed E-state index contributed by atoms with van der Waals surface area (Å²) >= 11 is 0. The van der Waals surface area contributed by atoms with Crippen molar-refractivity contribution in [2.75, 3.05) is 25.2 Å². The molecule has 146 valence electrons. The van der Waals surface area contributed by atoms with Crippen LogP contribution in [0.4, 0.5) is 0 Å². The fourth-order valence-corrected chi connectivity index (χ4v) is 4.81. The van der Waals surface area contributed by atoms with Crippen LogP contribution in [0.5, 0.6) is 5.75 Å². The first-order valence-electron chi connectivity index (χ1n) is 9.01. The highest BCUT2D eigenvalue weighted by atomic mass is 32.2. The van der Waals surface area contributed by atoms with Crippen LogP contribution in [0, 0.1) is 5.92 Å². The Morgan fingerprint density at radius 2 is 2.04 bits per heavy atom. The maximum atomic E-state index is 12.5. The summed E-state index contributed by atoms with van der Waals surface area (Å²) in [5.74, 6) is 0.998. The number of hydrogen-bond acceptors (Lipinski definition) is 5. The molecule has 2 heterocycles. The van der Waals surface area contributed by atoms with E-state index in [0.29, 0.717) is 24.6 Å². The van der Waals surface area contributed by atoms with E-state index < -0.39 is 9.84 Å². The zero-order valence-corrected chi connectivity index (χ0v) is 16.6. The molecule has 1 amide bonds. The molecule has 1 aliphatic rings. The highest BCUT2D eigenvalue weighted by Crippen LogP contribution is 2.31. The number of aromatic nitrogens is 2. The summed E-state index contributed by atoms with van der Waals surface area (Å²) in [6.45, 7) is 4.59. The zero-order valence-electron chi connectivity index (χ0n) is 15.8. The Kier molecular flexibility index (Phi) is 5.55. The van der Waals surface area contributed by atoms with Crippen LogP contribution >= 0.6 is 0 Å². The van der Waals surface area contributed by atoms with E-state index in [2.05, 4.69) is 10.4 Å². The van der Waals surface area contributed by atoms with E-state index in [4.69, 9.17) is 4.74 Å². The van der Waals surface area contributed by atoms with Crippen LogP contribution in [0.15, 0.2) is 30.3 Å². The summed E-state index contributed by atoms with van der Waals surface area (Å²) in [5, 5.41) is 7.33. The second-order valence-electron chi connectivity index (χ2n) is 7.25. The number of sulfone groups is 1. The second kappa shape index (κ2) is 7.72. The fraction of sp³-hybridized carbons (Fsp3) is 0.474. The molecule has 0 aliphatic carbocycles. The molecule has 8 heteroatoms. The molecule has 1 N–H and O–H groups in total. The van der Waals surface area contributed by atoms with Crippen molar-refractivity contribution in [2.24, 2.45) is 5.92 Å². The van der Waals surface area contributed by atoms with Gasteiger partial charge >= 0.3 is 0 Å². The average Bonchev–Trinajstić information content (AvgIpc) is 3.23. The van der Waals surface area contributed by atoms with Crippen molar-refractivity contribution in [3.8, 4) is 17.0 Å². The van der Waals surface area contributed by atoms with Gasteiger partial charge in [-0.3, -0.25) is 9.48 Å². The first-order chi connectivity index (χ1) is 12.8. The minimum atomic E-state index is -3.07. The predicted molar refractivity (Wildman–Crippen MR) is 104 cm³/mol. The van der Waals surface area contributed by atoms with Gasteiger partial charge in [0.2, 0.25) is 0 Å². The van der Waals surface area contributed by atoms with Crippen LogP contribution in [0.25, 0.3) is 11.3 Å². The molecule has 1 unspecified atom stereocenters. The van der Waals surface area contributed by atoms with Crippen molar-refractivity contribution >= 4 is 15.7 Å². The van der Waals surface area contributed by atoms with Crippen molar-refractivity contribution in [3.63, 3.8) is 0 Å². The van der Waals surface area contributed by atoms with E-state index in [1.807, 2.05) is 38.1 Å². The largest absolute Gasteiger partial charge is 0.497 e. The molecule has 1 aliphatic heterocycles. The van der Waals surface area contributed by atoms with Gasteiger partial charge in [0, 0.05) is 12.1 Å². The lowest BCUT2D eigenvalue weighted by Gasteiger charge is -2.13. The Hall–Kier alpha value is -2.35. The zero-order chi connectivity index (χ0) is 19.6. The summed E-state index contributed by atoms with van der Waals surface area (Å²) < 4.78 is 30.7. The number of amides is 1. The highest BCUT2D eigenvalue weighted by Gasteiger charge is 2.32. The Bertz CT molecular complexity index is 917. The van der Waals surface area contributed by atoms with Crippen molar-refractivity contribution < 1.29 is 17.9 Å². The second-order valence-corrected chi connectivity index (χ2v) is 9.48. The molecular weight excluding hydrogens is 366 g/mol. The summed E-state index contributed by atoms with van der Waals surface area (Å²) in [6.07, 6.45) is 0.500. The smallest absolute Gasteiger partial charge is 0.271 e. The van der Waals surface area contributed by atoms with Crippen LogP contribution in [-0.4, -0.2) is 49.3 Å². The average molecular weight is 391 g/mol. The standard InChI is InChI=1S/C19H25N3O4S/c1-13(2)11-20-19(23)17-10-18(14-4-6-16(26-3)7-5-14)22(21-17)15-8-9-27(24,25)12-15/h4-7,10,13,15H,8-9,11-12H2,1-3H3,(H,20,23). The molecule has 0 radical (unpaired) electrons. The molecule has 27 heavy (non-hydrogen) atoms. The quantitative estimate of drug-likeness (QED) is 0.816. The van der Waals surface area contributed by atoms with Crippen LogP contribution in [0.3, 0.4) is 0 Å². The Morgan fingerprint density at radius 1 is 1.33 bits per heavy atom. The SMILES string of the molecule is COc1ccc(-c2cc(C(=O)NCC(C)C)nn2C2CCS(=O)(=O)C2)cc1. The molecule has 2 aromatic rings. The number of nitrogens with one attached hydrogen (secondary N) is 1. The third kappa shape index (κ3) is 4.50. The topological polar surface area (TPSA) is 90.3 Å². The molecular formula is C19H25N3O4S. The number of hydrogen-bond donors (Lipinski definition) is 1. The first kappa shape index (κ1) is 19.4. The summed E-state index contributed by atoms with van der Waals surface area (Å²) in [5.41, 5.74) is 1.88. The molecule has 7 nitrogen and oxygen atoms in total. The van der Waals surface area contributed by atoms with Gasteiger partial charge in [-0.05, 0) is 42.7 Å². The lowest BCUT2D eigenvalue weighted by Crippen LogP contribution is -2.28. The van der Waals surface area contributed by atoms with Crippen molar-refractivity contribution in [1.29, 1.82) is 0 Å². The molecule has 0 spiro atoms. The number of ether oxygens (including phenoxy) is 1. The highest BCUT2D eigenvalue weighted by molar-refractivity contribution is 7.91. The normalized spacial score (nSPS) is 18.6. The number of benzene rings is 1.